The molecule has 0 fully saturated rings. The van der Waals surface area contributed by atoms with Gasteiger partial charge in [0.05, 0.1) is 11.0 Å². The van der Waals surface area contributed by atoms with E-state index < -0.39 is 23.8 Å². The maximum absolute atomic E-state index is 12.6. The van der Waals surface area contributed by atoms with E-state index in [1.807, 2.05) is 0 Å². The van der Waals surface area contributed by atoms with Gasteiger partial charge in [0.2, 0.25) is 0 Å². The fraction of sp³-hybridized carbons (Fsp3) is 0.462. The van der Waals surface area contributed by atoms with Crippen LogP contribution in [0.5, 0.6) is 0 Å². The average Bonchev–Trinajstić information content (AvgIpc) is 3.13. The summed E-state index contributed by atoms with van der Waals surface area (Å²) in [5, 5.41) is 6.21. The Morgan fingerprint density at radius 2 is 2.04 bits per heavy atom. The molecule has 1 unspecified atom stereocenters. The Morgan fingerprint density at radius 1 is 1.33 bits per heavy atom. The number of thiazole rings is 2. The molecular weight excluding hydrogens is 385 g/mol. The van der Waals surface area contributed by atoms with Gasteiger partial charge in [0.15, 0.2) is 5.69 Å². The van der Waals surface area contributed by atoms with Crippen LogP contribution in [0.3, 0.4) is 0 Å². The van der Waals surface area contributed by atoms with Gasteiger partial charge in [-0.2, -0.15) is 13.2 Å². The van der Waals surface area contributed by atoms with E-state index in [2.05, 4.69) is 15.3 Å². The first-order valence-corrected chi connectivity index (χ1v) is 8.59. The van der Waals surface area contributed by atoms with E-state index in [0.717, 1.165) is 21.7 Å². The van der Waals surface area contributed by atoms with Crippen molar-refractivity contribution < 1.29 is 18.0 Å². The summed E-state index contributed by atoms with van der Waals surface area (Å²) in [7, 11) is 0. The monoisotopic (exact) mass is 400 g/mol. The third-order valence-electron chi connectivity index (χ3n) is 2.97. The normalized spacial score (nSPS) is 12.5. The Balaban J connectivity index is 0.00000288. The van der Waals surface area contributed by atoms with Crippen LogP contribution in [0.15, 0.2) is 10.8 Å². The predicted molar refractivity (Wildman–Crippen MR) is 89.7 cm³/mol. The van der Waals surface area contributed by atoms with Crippen molar-refractivity contribution in [3.05, 3.63) is 32.2 Å². The van der Waals surface area contributed by atoms with Gasteiger partial charge in [-0.15, -0.1) is 35.1 Å². The molecule has 5 nitrogen and oxygen atoms in total. The van der Waals surface area contributed by atoms with Crippen molar-refractivity contribution in [1.82, 2.24) is 15.3 Å². The Morgan fingerprint density at radius 3 is 2.58 bits per heavy atom. The first kappa shape index (κ1) is 20.8. The molecule has 24 heavy (non-hydrogen) atoms. The largest absolute Gasteiger partial charge is 0.434 e. The van der Waals surface area contributed by atoms with E-state index in [1.54, 1.807) is 12.3 Å². The van der Waals surface area contributed by atoms with Crippen LogP contribution < -0.4 is 11.1 Å². The van der Waals surface area contributed by atoms with E-state index in [1.165, 1.54) is 11.3 Å². The van der Waals surface area contributed by atoms with Crippen LogP contribution in [-0.4, -0.2) is 22.4 Å². The zero-order chi connectivity index (χ0) is 17.0. The summed E-state index contributed by atoms with van der Waals surface area (Å²) in [6.07, 6.45) is -3.48. The topological polar surface area (TPSA) is 80.9 Å². The van der Waals surface area contributed by atoms with Crippen molar-refractivity contribution in [2.45, 2.75) is 32.0 Å². The highest BCUT2D eigenvalue weighted by molar-refractivity contribution is 7.10. The molecule has 11 heteroatoms. The Bertz CT molecular complexity index is 674. The lowest BCUT2D eigenvalue weighted by Crippen LogP contribution is -2.28. The molecule has 0 saturated heterocycles. The van der Waals surface area contributed by atoms with Crippen molar-refractivity contribution in [2.75, 3.05) is 6.54 Å². The SMILES string of the molecule is CCC(NC(=O)c1csc(CCN)n1)c1nc(C(F)(F)F)cs1.Cl. The van der Waals surface area contributed by atoms with E-state index >= 15 is 0 Å². The second-order valence-corrected chi connectivity index (χ2v) is 6.50. The number of nitrogens with zero attached hydrogens (tertiary/aromatic N) is 2. The van der Waals surface area contributed by atoms with Crippen LogP contribution >= 0.6 is 35.1 Å². The van der Waals surface area contributed by atoms with Gasteiger partial charge < -0.3 is 11.1 Å². The number of aromatic nitrogens is 2. The second kappa shape index (κ2) is 8.75. The molecule has 1 atom stereocenters. The molecule has 0 bridgehead atoms. The van der Waals surface area contributed by atoms with E-state index in [4.69, 9.17) is 5.73 Å². The lowest BCUT2D eigenvalue weighted by Gasteiger charge is -2.13. The lowest BCUT2D eigenvalue weighted by molar-refractivity contribution is -0.140. The Kier molecular flexibility index (Phi) is 7.58. The summed E-state index contributed by atoms with van der Waals surface area (Å²) in [5.41, 5.74) is 4.73. The molecule has 1 amide bonds. The van der Waals surface area contributed by atoms with Crippen LogP contribution in [0.4, 0.5) is 13.2 Å². The smallest absolute Gasteiger partial charge is 0.341 e. The highest BCUT2D eigenvalue weighted by Gasteiger charge is 2.34. The van der Waals surface area contributed by atoms with Gasteiger partial charge in [0.1, 0.15) is 10.7 Å². The molecule has 0 aliphatic heterocycles. The number of halogens is 4. The molecule has 3 N–H and O–H groups in total. The minimum atomic E-state index is -4.48. The van der Waals surface area contributed by atoms with Gasteiger partial charge in [0, 0.05) is 17.2 Å². The van der Waals surface area contributed by atoms with Crippen LogP contribution in [0.25, 0.3) is 0 Å². The second-order valence-electron chi connectivity index (χ2n) is 4.67. The number of amides is 1. The number of alkyl halides is 3. The molecule has 2 rings (SSSR count). The highest BCUT2D eigenvalue weighted by Crippen LogP contribution is 2.32. The zero-order valence-corrected chi connectivity index (χ0v) is 15.0. The van der Waals surface area contributed by atoms with Crippen molar-refractivity contribution >= 4 is 41.0 Å². The van der Waals surface area contributed by atoms with Crippen molar-refractivity contribution in [2.24, 2.45) is 5.73 Å². The summed E-state index contributed by atoms with van der Waals surface area (Å²) < 4.78 is 37.8. The third-order valence-corrected chi connectivity index (χ3v) is 4.83. The Labute approximate surface area is 150 Å². The quantitative estimate of drug-likeness (QED) is 0.778. The number of hydrogen-bond acceptors (Lipinski definition) is 6. The van der Waals surface area contributed by atoms with Crippen molar-refractivity contribution in [3.8, 4) is 0 Å². The summed E-state index contributed by atoms with van der Waals surface area (Å²) >= 11 is 2.21. The van der Waals surface area contributed by atoms with Gasteiger partial charge in [0.25, 0.3) is 5.91 Å². The van der Waals surface area contributed by atoms with Crippen LogP contribution in [0.1, 0.15) is 45.6 Å². The van der Waals surface area contributed by atoms with Gasteiger partial charge in [-0.25, -0.2) is 9.97 Å². The van der Waals surface area contributed by atoms with Crippen LogP contribution in [0.2, 0.25) is 0 Å². The molecule has 2 heterocycles. The standard InChI is InChI=1S/C13H15F3N4OS2.ClH/c1-2-7(12-20-9(6-23-12)13(14,15)16)19-11(21)8-5-22-10(18-8)3-4-17;/h5-7H,2-4,17H2,1H3,(H,19,21);1H. The van der Waals surface area contributed by atoms with E-state index in [-0.39, 0.29) is 23.1 Å². The number of nitrogens with two attached hydrogens (primary N) is 1. The third kappa shape index (κ3) is 5.13. The highest BCUT2D eigenvalue weighted by atomic mass is 35.5. The van der Waals surface area contributed by atoms with Gasteiger partial charge in [-0.3, -0.25) is 4.79 Å². The van der Waals surface area contributed by atoms with Crippen molar-refractivity contribution in [3.63, 3.8) is 0 Å². The number of nitrogens with one attached hydrogen (secondary N) is 1. The molecule has 2 aromatic heterocycles. The first-order chi connectivity index (χ1) is 10.8. The predicted octanol–water partition coefficient (Wildman–Crippen LogP) is 3.42. The number of carbonyl (C=O) groups excluding carboxylic acids is 1. The first-order valence-electron chi connectivity index (χ1n) is 6.83. The number of carbonyl (C=O) groups is 1. The molecular formula is C13H16ClF3N4OS2. The Hall–Kier alpha value is -1.23. The zero-order valence-electron chi connectivity index (χ0n) is 12.6. The number of rotatable bonds is 6. The van der Waals surface area contributed by atoms with E-state index in [9.17, 15) is 18.0 Å². The van der Waals surface area contributed by atoms with Crippen LogP contribution in [0, 0.1) is 0 Å². The van der Waals surface area contributed by atoms with Crippen molar-refractivity contribution in [1.29, 1.82) is 0 Å². The maximum Gasteiger partial charge on any atom is 0.434 e. The van der Waals surface area contributed by atoms with Gasteiger partial charge in [-0.1, -0.05) is 6.92 Å². The molecule has 134 valence electrons. The molecule has 2 aromatic rings. The summed E-state index contributed by atoms with van der Waals surface area (Å²) in [6, 6.07) is -0.580. The van der Waals surface area contributed by atoms with E-state index in [0.29, 0.717) is 19.4 Å². The molecule has 0 radical (unpaired) electrons. The molecule has 0 saturated carbocycles. The molecule has 0 aromatic carbocycles. The summed E-state index contributed by atoms with van der Waals surface area (Å²) in [6.45, 7) is 2.20. The fourth-order valence-electron chi connectivity index (χ4n) is 1.80. The van der Waals surface area contributed by atoms with Gasteiger partial charge >= 0.3 is 6.18 Å². The molecule has 0 aliphatic carbocycles. The average molecular weight is 401 g/mol. The number of hydrogen-bond donors (Lipinski definition) is 2. The summed E-state index contributed by atoms with van der Waals surface area (Å²) in [5.74, 6) is -0.430. The minimum Gasteiger partial charge on any atom is -0.341 e. The maximum atomic E-state index is 12.6. The summed E-state index contributed by atoms with van der Waals surface area (Å²) in [4.78, 5) is 19.9. The molecule has 0 aliphatic rings. The minimum absolute atomic E-state index is 0. The lowest BCUT2D eigenvalue weighted by atomic mass is 10.2. The van der Waals surface area contributed by atoms with Crippen LogP contribution in [-0.2, 0) is 12.6 Å². The van der Waals surface area contributed by atoms with Gasteiger partial charge in [-0.05, 0) is 13.0 Å². The fourth-order valence-corrected chi connectivity index (χ4v) is 3.56. The molecule has 0 spiro atoms.